The fourth-order valence-corrected chi connectivity index (χ4v) is 15.5. The molecule has 82 heavy (non-hydrogen) atoms. The van der Waals surface area contributed by atoms with Gasteiger partial charge in [-0.05, 0) is 213 Å². The summed E-state index contributed by atoms with van der Waals surface area (Å²) in [5.74, 6) is 0. The summed E-state index contributed by atoms with van der Waals surface area (Å²) in [6.45, 7) is 8.84. The SMILES string of the molecule is Cc1cccc(C)c1-c1ccc2ccc3c4c(cc5ccc1c2c53)N(c1ccccc1)c1cc(-c2cccc3c2oc2ccccc23)cc2c1B4c1c(cc3ccc4c(-c5c(C)cccc5C)ccc5ccc1c3c54)N2c1ccccc1. The van der Waals surface area contributed by atoms with Crippen molar-refractivity contribution >= 4 is 144 Å². The number of para-hydroxylation sites is 4. The van der Waals surface area contributed by atoms with E-state index >= 15 is 0 Å². The van der Waals surface area contributed by atoms with Gasteiger partial charge >= 0.3 is 0 Å². The van der Waals surface area contributed by atoms with Crippen LogP contribution in [0.3, 0.4) is 0 Å². The van der Waals surface area contributed by atoms with E-state index in [2.05, 4.69) is 274 Å². The molecule has 0 N–H and O–H groups in total. The summed E-state index contributed by atoms with van der Waals surface area (Å²) in [5, 5.41) is 17.6. The van der Waals surface area contributed by atoms with Crippen LogP contribution in [0.1, 0.15) is 22.3 Å². The van der Waals surface area contributed by atoms with Crippen molar-refractivity contribution in [1.29, 1.82) is 0 Å². The zero-order valence-electron chi connectivity index (χ0n) is 45.9. The van der Waals surface area contributed by atoms with Crippen LogP contribution in [0.5, 0.6) is 0 Å². The van der Waals surface area contributed by atoms with Crippen molar-refractivity contribution in [3.8, 4) is 33.4 Å². The Balaban J connectivity index is 1.02. The Hall–Kier alpha value is -10.2. The molecule has 1 aromatic heterocycles. The standard InChI is InChI=1S/C78H51BN2O/c1-44-16-13-17-45(2)69(44)57-34-28-48-30-38-62-73-50(32-36-59(57)71(48)73)40-64-75(62)79-76-63-39-31-49-29-35-58(70-46(3)18-14-19-47(70)4)60-37-33-51(74(63)72(49)60)41-65(76)81(54-22-9-6-10-23-54)67-43-52(42-66(77(67)79)80(64)53-20-7-5-8-21-53)55-25-15-26-61-56-24-11-12-27-68(56)82-78(55)61/h5-43H,1-4H3. The molecular formula is C78H51BN2O. The molecule has 0 amide bonds. The number of furan rings is 1. The molecule has 2 aliphatic rings. The molecule has 382 valence electrons. The monoisotopic (exact) mass is 1040 g/mol. The third kappa shape index (κ3) is 6.11. The molecule has 0 radical (unpaired) electrons. The van der Waals surface area contributed by atoms with Gasteiger partial charge in [0.15, 0.2) is 0 Å². The number of hydrogen-bond acceptors (Lipinski definition) is 3. The summed E-state index contributed by atoms with van der Waals surface area (Å²) >= 11 is 0. The van der Waals surface area contributed by atoms with Crippen molar-refractivity contribution in [2.24, 2.45) is 0 Å². The molecule has 2 aliphatic heterocycles. The lowest BCUT2D eigenvalue weighted by Crippen LogP contribution is -2.61. The fourth-order valence-electron chi connectivity index (χ4n) is 15.5. The molecule has 15 aromatic carbocycles. The average molecular weight is 1040 g/mol. The molecule has 3 nitrogen and oxygen atoms in total. The van der Waals surface area contributed by atoms with Crippen LogP contribution in [0.4, 0.5) is 34.1 Å². The Kier molecular flexibility index (Phi) is 9.31. The third-order valence-electron chi connectivity index (χ3n) is 18.8. The van der Waals surface area contributed by atoms with Gasteiger partial charge in [0.05, 0.1) is 0 Å². The van der Waals surface area contributed by atoms with Crippen LogP contribution >= 0.6 is 0 Å². The van der Waals surface area contributed by atoms with E-state index in [-0.39, 0.29) is 6.71 Å². The number of anilines is 6. The van der Waals surface area contributed by atoms with Gasteiger partial charge in [0, 0.05) is 50.5 Å². The first kappa shape index (κ1) is 45.7. The summed E-state index contributed by atoms with van der Waals surface area (Å²) < 4.78 is 6.92. The summed E-state index contributed by atoms with van der Waals surface area (Å²) in [6, 6.07) is 89.5. The van der Waals surface area contributed by atoms with Crippen LogP contribution in [0.15, 0.2) is 241 Å². The second kappa shape index (κ2) is 16.7. The fraction of sp³-hybridized carbons (Fsp3) is 0.0513. The molecule has 0 unspecified atom stereocenters. The topological polar surface area (TPSA) is 19.6 Å². The highest BCUT2D eigenvalue weighted by Gasteiger charge is 2.46. The maximum Gasteiger partial charge on any atom is 0.253 e. The van der Waals surface area contributed by atoms with E-state index in [1.54, 1.807) is 0 Å². The summed E-state index contributed by atoms with van der Waals surface area (Å²) in [7, 11) is 0. The number of nitrogens with zero attached hydrogens (tertiary/aromatic N) is 2. The molecule has 18 rings (SSSR count). The van der Waals surface area contributed by atoms with E-state index in [0.29, 0.717) is 0 Å². The lowest BCUT2D eigenvalue weighted by molar-refractivity contribution is 0.670. The first-order chi connectivity index (χ1) is 40.4. The molecule has 0 aliphatic carbocycles. The van der Waals surface area contributed by atoms with Crippen molar-refractivity contribution in [2.45, 2.75) is 27.7 Å². The molecule has 0 saturated heterocycles. The number of aryl methyl sites for hydroxylation is 4. The highest BCUT2D eigenvalue weighted by molar-refractivity contribution is 7.03. The predicted molar refractivity (Wildman–Crippen MR) is 350 cm³/mol. The Morgan fingerprint density at radius 3 is 1.24 bits per heavy atom. The number of fused-ring (bicyclic) bond motifs is 9. The molecular weight excluding hydrogens is 992 g/mol. The molecule has 0 fully saturated rings. The highest BCUT2D eigenvalue weighted by atomic mass is 16.3. The Labute approximate surface area is 475 Å². The van der Waals surface area contributed by atoms with Gasteiger partial charge in [-0.15, -0.1) is 0 Å². The molecule has 0 saturated carbocycles. The Bertz CT molecular complexity index is 5090. The van der Waals surface area contributed by atoms with Crippen LogP contribution in [0.2, 0.25) is 0 Å². The molecule has 4 heteroatoms. The van der Waals surface area contributed by atoms with Gasteiger partial charge in [0.2, 0.25) is 0 Å². The molecule has 3 heterocycles. The van der Waals surface area contributed by atoms with Gasteiger partial charge in [-0.1, -0.05) is 182 Å². The largest absolute Gasteiger partial charge is 0.455 e. The zero-order valence-corrected chi connectivity index (χ0v) is 45.9. The van der Waals surface area contributed by atoms with E-state index in [1.165, 1.54) is 137 Å². The van der Waals surface area contributed by atoms with Gasteiger partial charge in [-0.2, -0.15) is 0 Å². The van der Waals surface area contributed by atoms with Crippen LogP contribution < -0.4 is 26.2 Å². The first-order valence-electron chi connectivity index (χ1n) is 28.8. The third-order valence-corrected chi connectivity index (χ3v) is 18.8. The quantitative estimate of drug-likeness (QED) is 0.127. The average Bonchev–Trinajstić information content (AvgIpc) is 0.976. The number of benzene rings is 15. The van der Waals surface area contributed by atoms with E-state index in [4.69, 9.17) is 4.42 Å². The number of hydrogen-bond donors (Lipinski definition) is 0. The maximum absolute atomic E-state index is 6.92. The van der Waals surface area contributed by atoms with Crippen LogP contribution in [-0.4, -0.2) is 6.71 Å². The Morgan fingerprint density at radius 1 is 0.305 bits per heavy atom. The van der Waals surface area contributed by atoms with E-state index in [9.17, 15) is 0 Å². The lowest BCUT2D eigenvalue weighted by Gasteiger charge is -2.45. The second-order valence-electron chi connectivity index (χ2n) is 23.2. The van der Waals surface area contributed by atoms with Crippen molar-refractivity contribution in [3.05, 3.63) is 259 Å². The minimum Gasteiger partial charge on any atom is -0.455 e. The van der Waals surface area contributed by atoms with Crippen molar-refractivity contribution in [2.75, 3.05) is 9.80 Å². The highest BCUT2D eigenvalue weighted by Crippen LogP contribution is 2.52. The number of rotatable bonds is 5. The van der Waals surface area contributed by atoms with Crippen LogP contribution in [0, 0.1) is 27.7 Å². The van der Waals surface area contributed by atoms with Gasteiger partial charge in [-0.25, -0.2) is 0 Å². The zero-order chi connectivity index (χ0) is 54.2. The minimum atomic E-state index is -0.184. The summed E-state index contributed by atoms with van der Waals surface area (Å²) in [4.78, 5) is 5.18. The minimum absolute atomic E-state index is 0.184. The maximum atomic E-state index is 6.92. The normalized spacial score (nSPS) is 13.0. The lowest BCUT2D eigenvalue weighted by atomic mass is 9.32. The van der Waals surface area contributed by atoms with Gasteiger partial charge in [0.25, 0.3) is 6.71 Å². The first-order valence-corrected chi connectivity index (χ1v) is 28.8. The van der Waals surface area contributed by atoms with E-state index in [1.807, 2.05) is 0 Å². The van der Waals surface area contributed by atoms with Crippen LogP contribution in [0.25, 0.3) is 120 Å². The van der Waals surface area contributed by atoms with E-state index < -0.39 is 0 Å². The van der Waals surface area contributed by atoms with E-state index in [0.717, 1.165) is 55.8 Å². The van der Waals surface area contributed by atoms with Gasteiger partial charge < -0.3 is 14.2 Å². The van der Waals surface area contributed by atoms with Crippen molar-refractivity contribution in [1.82, 2.24) is 0 Å². The van der Waals surface area contributed by atoms with Gasteiger partial charge in [-0.3, -0.25) is 0 Å². The van der Waals surface area contributed by atoms with Gasteiger partial charge in [0.1, 0.15) is 11.2 Å². The molecule has 0 atom stereocenters. The summed E-state index contributed by atoms with van der Waals surface area (Å²) in [5.41, 5.74) is 25.2. The van der Waals surface area contributed by atoms with Crippen molar-refractivity contribution in [3.63, 3.8) is 0 Å². The van der Waals surface area contributed by atoms with Crippen LogP contribution in [-0.2, 0) is 0 Å². The molecule has 16 aromatic rings. The van der Waals surface area contributed by atoms with Crippen molar-refractivity contribution < 1.29 is 4.42 Å². The molecule has 0 bridgehead atoms. The Morgan fingerprint density at radius 2 is 0.720 bits per heavy atom. The smallest absolute Gasteiger partial charge is 0.253 e. The molecule has 0 spiro atoms. The predicted octanol–water partition coefficient (Wildman–Crippen LogP) is 19.7. The summed E-state index contributed by atoms with van der Waals surface area (Å²) in [6.07, 6.45) is 0. The second-order valence-corrected chi connectivity index (χ2v) is 23.2.